The monoisotopic (exact) mass is 175 g/mol. The summed E-state index contributed by atoms with van der Waals surface area (Å²) >= 11 is 0. The second-order valence-corrected chi connectivity index (χ2v) is 3.96. The summed E-state index contributed by atoms with van der Waals surface area (Å²) in [6.45, 7) is 8.39. The summed E-state index contributed by atoms with van der Waals surface area (Å²) in [5, 5.41) is 9.50. The molecule has 0 bridgehead atoms. The summed E-state index contributed by atoms with van der Waals surface area (Å²) in [4.78, 5) is 0. The van der Waals surface area contributed by atoms with Gasteiger partial charge in [-0.05, 0) is 19.8 Å². The molecule has 0 fully saturated rings. The fraction of sp³-hybridized carbons (Fsp3) is 1.00. The molecule has 0 aromatic heterocycles. The van der Waals surface area contributed by atoms with Crippen molar-refractivity contribution < 1.29 is 9.84 Å². The van der Waals surface area contributed by atoms with Gasteiger partial charge >= 0.3 is 0 Å². The maximum atomic E-state index is 9.50. The topological polar surface area (TPSA) is 55.5 Å². The van der Waals surface area contributed by atoms with E-state index in [0.29, 0.717) is 12.5 Å². The molecule has 0 aliphatic rings. The number of hydrogen-bond donors (Lipinski definition) is 2. The molecule has 0 aliphatic heterocycles. The zero-order valence-electron chi connectivity index (χ0n) is 8.50. The second kappa shape index (κ2) is 4.80. The largest absolute Gasteiger partial charge is 0.386 e. The fourth-order valence-corrected chi connectivity index (χ4v) is 0.562. The van der Waals surface area contributed by atoms with E-state index in [1.807, 2.05) is 6.92 Å². The van der Waals surface area contributed by atoms with E-state index in [1.165, 1.54) is 0 Å². The Balaban J connectivity index is 3.67. The molecule has 0 aromatic rings. The second-order valence-electron chi connectivity index (χ2n) is 3.96. The summed E-state index contributed by atoms with van der Waals surface area (Å²) in [7, 11) is 0. The van der Waals surface area contributed by atoms with Gasteiger partial charge in [0.25, 0.3) is 0 Å². The van der Waals surface area contributed by atoms with Gasteiger partial charge in [-0.1, -0.05) is 13.8 Å². The summed E-state index contributed by atoms with van der Waals surface area (Å²) in [6, 6.07) is 0. The summed E-state index contributed by atoms with van der Waals surface area (Å²) < 4.78 is 5.43. The summed E-state index contributed by atoms with van der Waals surface area (Å²) in [5.74, 6) is 0.471. The zero-order chi connectivity index (χ0) is 9.78. The first kappa shape index (κ1) is 11.9. The number of hydrogen-bond acceptors (Lipinski definition) is 3. The van der Waals surface area contributed by atoms with Crippen LogP contribution in [-0.2, 0) is 4.74 Å². The zero-order valence-corrected chi connectivity index (χ0v) is 8.50. The van der Waals surface area contributed by atoms with Gasteiger partial charge in [-0.3, -0.25) is 0 Å². The molecule has 3 heteroatoms. The Morgan fingerprint density at radius 3 is 2.25 bits per heavy atom. The van der Waals surface area contributed by atoms with Crippen LogP contribution in [0.5, 0.6) is 0 Å². The molecule has 0 saturated heterocycles. The third kappa shape index (κ3) is 4.70. The first-order chi connectivity index (χ1) is 5.39. The highest BCUT2D eigenvalue weighted by atomic mass is 16.5. The lowest BCUT2D eigenvalue weighted by Crippen LogP contribution is -2.40. The molecule has 0 spiro atoms. The Kier molecular flexibility index (Phi) is 4.75. The van der Waals surface area contributed by atoms with Gasteiger partial charge < -0.3 is 15.6 Å². The van der Waals surface area contributed by atoms with Crippen molar-refractivity contribution in [3.63, 3.8) is 0 Å². The first-order valence-electron chi connectivity index (χ1n) is 4.43. The van der Waals surface area contributed by atoms with Crippen molar-refractivity contribution in [1.82, 2.24) is 0 Å². The van der Waals surface area contributed by atoms with E-state index in [2.05, 4.69) is 13.8 Å². The smallest absolute Gasteiger partial charge is 0.0973 e. The van der Waals surface area contributed by atoms with Crippen molar-refractivity contribution in [3.05, 3.63) is 0 Å². The maximum Gasteiger partial charge on any atom is 0.0973 e. The van der Waals surface area contributed by atoms with Crippen LogP contribution in [0.4, 0.5) is 0 Å². The molecule has 0 saturated carbocycles. The fourth-order valence-electron chi connectivity index (χ4n) is 0.562. The third-order valence-corrected chi connectivity index (χ3v) is 2.04. The van der Waals surface area contributed by atoms with Crippen LogP contribution in [0.3, 0.4) is 0 Å². The van der Waals surface area contributed by atoms with Gasteiger partial charge in [0.1, 0.15) is 0 Å². The van der Waals surface area contributed by atoms with E-state index in [-0.39, 0.29) is 12.6 Å². The molecule has 0 heterocycles. The van der Waals surface area contributed by atoms with E-state index in [0.717, 1.165) is 0 Å². The molecule has 0 aromatic carbocycles. The quantitative estimate of drug-likeness (QED) is 0.648. The molecule has 0 radical (unpaired) electrons. The highest BCUT2D eigenvalue weighted by Gasteiger charge is 2.20. The molecule has 0 rings (SSSR count). The Bertz CT molecular complexity index is 124. The normalized spacial score (nSPS) is 19.2. The Morgan fingerprint density at radius 1 is 1.42 bits per heavy atom. The number of aliphatic hydroxyl groups is 1. The van der Waals surface area contributed by atoms with E-state index in [1.54, 1.807) is 6.92 Å². The van der Waals surface area contributed by atoms with Gasteiger partial charge in [0.2, 0.25) is 0 Å². The van der Waals surface area contributed by atoms with Crippen LogP contribution >= 0.6 is 0 Å². The molecule has 0 aliphatic carbocycles. The number of ether oxygens (including phenoxy) is 1. The van der Waals surface area contributed by atoms with Crippen molar-refractivity contribution in [3.8, 4) is 0 Å². The SMILES string of the molecule is CC(C)C(C)OCC(C)(O)CN. The average Bonchev–Trinajstić information content (AvgIpc) is 2.00. The van der Waals surface area contributed by atoms with Crippen molar-refractivity contribution in [2.24, 2.45) is 11.7 Å². The van der Waals surface area contributed by atoms with Gasteiger partial charge in [-0.25, -0.2) is 0 Å². The Morgan fingerprint density at radius 2 is 1.92 bits per heavy atom. The van der Waals surface area contributed by atoms with Crippen LogP contribution in [0.2, 0.25) is 0 Å². The minimum Gasteiger partial charge on any atom is -0.386 e. The highest BCUT2D eigenvalue weighted by molar-refractivity contribution is 4.73. The van der Waals surface area contributed by atoms with Crippen LogP contribution in [0.1, 0.15) is 27.7 Å². The molecule has 2 unspecified atom stereocenters. The minimum absolute atomic E-state index is 0.169. The number of rotatable bonds is 5. The van der Waals surface area contributed by atoms with E-state index in [9.17, 15) is 5.11 Å². The van der Waals surface area contributed by atoms with Crippen LogP contribution < -0.4 is 5.73 Å². The molecule has 12 heavy (non-hydrogen) atoms. The molecule has 3 N–H and O–H groups in total. The lowest BCUT2D eigenvalue weighted by atomic mass is 10.1. The predicted octanol–water partition coefficient (Wildman–Crippen LogP) is 0.757. The van der Waals surface area contributed by atoms with E-state index in [4.69, 9.17) is 10.5 Å². The van der Waals surface area contributed by atoms with Gasteiger partial charge in [-0.15, -0.1) is 0 Å². The van der Waals surface area contributed by atoms with Crippen LogP contribution in [0, 0.1) is 5.92 Å². The van der Waals surface area contributed by atoms with Crippen LogP contribution in [0.25, 0.3) is 0 Å². The molecule has 3 nitrogen and oxygen atoms in total. The Hall–Kier alpha value is -0.120. The van der Waals surface area contributed by atoms with Gasteiger partial charge in [0.15, 0.2) is 0 Å². The van der Waals surface area contributed by atoms with Crippen molar-refractivity contribution in [2.45, 2.75) is 39.4 Å². The first-order valence-corrected chi connectivity index (χ1v) is 4.43. The van der Waals surface area contributed by atoms with E-state index >= 15 is 0 Å². The third-order valence-electron chi connectivity index (χ3n) is 2.04. The molecule has 2 atom stereocenters. The van der Waals surface area contributed by atoms with Crippen LogP contribution in [0.15, 0.2) is 0 Å². The lowest BCUT2D eigenvalue weighted by Gasteiger charge is -2.25. The lowest BCUT2D eigenvalue weighted by molar-refractivity contribution is -0.0643. The molecular weight excluding hydrogens is 154 g/mol. The van der Waals surface area contributed by atoms with Gasteiger partial charge in [0, 0.05) is 6.54 Å². The van der Waals surface area contributed by atoms with Gasteiger partial charge in [-0.2, -0.15) is 0 Å². The summed E-state index contributed by atoms with van der Waals surface area (Å²) in [5.41, 5.74) is 4.45. The van der Waals surface area contributed by atoms with Crippen molar-refractivity contribution >= 4 is 0 Å². The van der Waals surface area contributed by atoms with E-state index < -0.39 is 5.60 Å². The Labute approximate surface area is 74.9 Å². The summed E-state index contributed by atoms with van der Waals surface area (Å²) in [6.07, 6.45) is 0.169. The standard InChI is InChI=1S/C9H21NO2/c1-7(2)8(3)12-6-9(4,11)5-10/h7-8,11H,5-6,10H2,1-4H3. The molecule has 74 valence electrons. The molecular formula is C9H21NO2. The van der Waals surface area contributed by atoms with Crippen molar-refractivity contribution in [2.75, 3.05) is 13.2 Å². The highest BCUT2D eigenvalue weighted by Crippen LogP contribution is 2.09. The van der Waals surface area contributed by atoms with Gasteiger partial charge in [0.05, 0.1) is 18.3 Å². The van der Waals surface area contributed by atoms with Crippen LogP contribution in [-0.4, -0.2) is 30.0 Å². The van der Waals surface area contributed by atoms with Crippen molar-refractivity contribution in [1.29, 1.82) is 0 Å². The maximum absolute atomic E-state index is 9.50. The number of nitrogens with two attached hydrogens (primary N) is 1. The minimum atomic E-state index is -0.886. The average molecular weight is 175 g/mol. The predicted molar refractivity (Wildman–Crippen MR) is 49.9 cm³/mol. The molecule has 0 amide bonds.